The Bertz CT molecular complexity index is 450. The molecular formula is C14H19ClN2O3. The predicted octanol–water partition coefficient (Wildman–Crippen LogP) is 1.13. The Hall–Kier alpha value is -1.14. The van der Waals surface area contributed by atoms with Crippen LogP contribution in [0.5, 0.6) is 0 Å². The highest BCUT2D eigenvalue weighted by Crippen LogP contribution is 2.24. The van der Waals surface area contributed by atoms with Crippen molar-refractivity contribution in [1.82, 2.24) is 10.6 Å². The number of morpholine rings is 1. The van der Waals surface area contributed by atoms with Crippen LogP contribution < -0.4 is 10.6 Å². The van der Waals surface area contributed by atoms with Crippen LogP contribution in [0.3, 0.4) is 0 Å². The highest BCUT2D eigenvalue weighted by molar-refractivity contribution is 6.31. The molecule has 2 rings (SSSR count). The predicted molar refractivity (Wildman–Crippen MR) is 76.8 cm³/mol. The second-order valence-corrected chi connectivity index (χ2v) is 4.96. The standard InChI is InChI=1S/C14H19ClN2O3/c1-19-12(10-4-2-3-5-11(10)15)9-17-14(18)13-8-16-6-7-20-13/h2-5,12-13,16H,6-9H2,1H3,(H,17,18)/t12-,13+/m0/s1. The number of hydrogen-bond acceptors (Lipinski definition) is 4. The number of ether oxygens (including phenoxy) is 2. The molecule has 0 unspecified atom stereocenters. The van der Waals surface area contributed by atoms with E-state index in [1.165, 1.54) is 0 Å². The number of amides is 1. The van der Waals surface area contributed by atoms with Crippen molar-refractivity contribution in [2.75, 3.05) is 33.4 Å². The van der Waals surface area contributed by atoms with E-state index in [0.29, 0.717) is 24.7 Å². The number of benzene rings is 1. The van der Waals surface area contributed by atoms with Gasteiger partial charge in [-0.2, -0.15) is 0 Å². The first-order valence-corrected chi connectivity index (χ1v) is 6.97. The van der Waals surface area contributed by atoms with Crippen LogP contribution in [0.25, 0.3) is 0 Å². The van der Waals surface area contributed by atoms with E-state index in [0.717, 1.165) is 12.1 Å². The van der Waals surface area contributed by atoms with Gasteiger partial charge < -0.3 is 20.1 Å². The van der Waals surface area contributed by atoms with E-state index in [2.05, 4.69) is 10.6 Å². The SMILES string of the molecule is CO[C@@H](CNC(=O)[C@H]1CNCCO1)c1ccccc1Cl. The lowest BCUT2D eigenvalue weighted by molar-refractivity contribution is -0.134. The number of nitrogens with one attached hydrogen (secondary N) is 2. The second kappa shape index (κ2) is 7.59. The fraction of sp³-hybridized carbons (Fsp3) is 0.500. The highest BCUT2D eigenvalue weighted by atomic mass is 35.5. The number of carbonyl (C=O) groups excluding carboxylic acids is 1. The van der Waals surface area contributed by atoms with Crippen LogP contribution in [-0.4, -0.2) is 45.4 Å². The van der Waals surface area contributed by atoms with Crippen molar-refractivity contribution in [3.8, 4) is 0 Å². The van der Waals surface area contributed by atoms with Crippen molar-refractivity contribution in [3.63, 3.8) is 0 Å². The zero-order chi connectivity index (χ0) is 14.4. The van der Waals surface area contributed by atoms with Crippen molar-refractivity contribution in [1.29, 1.82) is 0 Å². The molecular weight excluding hydrogens is 280 g/mol. The summed E-state index contributed by atoms with van der Waals surface area (Å²) in [5.74, 6) is -0.133. The molecule has 1 fully saturated rings. The molecule has 1 amide bonds. The molecule has 1 aliphatic heterocycles. The molecule has 0 spiro atoms. The summed E-state index contributed by atoms with van der Waals surface area (Å²) >= 11 is 6.13. The zero-order valence-electron chi connectivity index (χ0n) is 11.4. The van der Waals surface area contributed by atoms with E-state index in [4.69, 9.17) is 21.1 Å². The first-order chi connectivity index (χ1) is 9.72. The summed E-state index contributed by atoms with van der Waals surface area (Å²) in [6, 6.07) is 7.45. The fourth-order valence-corrected chi connectivity index (χ4v) is 2.35. The molecule has 2 atom stereocenters. The summed E-state index contributed by atoms with van der Waals surface area (Å²) < 4.78 is 10.8. The summed E-state index contributed by atoms with van der Waals surface area (Å²) in [5, 5.41) is 6.59. The maximum atomic E-state index is 12.0. The van der Waals surface area contributed by atoms with Crippen LogP contribution in [0.2, 0.25) is 5.02 Å². The molecule has 1 aromatic carbocycles. The third-order valence-electron chi connectivity index (χ3n) is 3.22. The van der Waals surface area contributed by atoms with Crippen LogP contribution >= 0.6 is 11.6 Å². The lowest BCUT2D eigenvalue weighted by atomic mass is 10.1. The van der Waals surface area contributed by atoms with Gasteiger partial charge in [0, 0.05) is 37.3 Å². The quantitative estimate of drug-likeness (QED) is 0.856. The number of methoxy groups -OCH3 is 1. The lowest BCUT2D eigenvalue weighted by Gasteiger charge is -2.24. The van der Waals surface area contributed by atoms with E-state index in [1.807, 2.05) is 18.2 Å². The van der Waals surface area contributed by atoms with Gasteiger partial charge in [0.25, 0.3) is 5.91 Å². The normalized spacial score (nSPS) is 20.4. The Morgan fingerprint density at radius 2 is 2.40 bits per heavy atom. The van der Waals surface area contributed by atoms with Crippen molar-refractivity contribution in [2.24, 2.45) is 0 Å². The molecule has 20 heavy (non-hydrogen) atoms. The third-order valence-corrected chi connectivity index (χ3v) is 3.56. The van der Waals surface area contributed by atoms with Gasteiger partial charge in [-0.15, -0.1) is 0 Å². The van der Waals surface area contributed by atoms with Crippen molar-refractivity contribution < 1.29 is 14.3 Å². The largest absolute Gasteiger partial charge is 0.375 e. The van der Waals surface area contributed by atoms with E-state index in [-0.39, 0.29) is 12.0 Å². The maximum absolute atomic E-state index is 12.0. The van der Waals surface area contributed by atoms with Gasteiger partial charge in [0.15, 0.2) is 0 Å². The number of halogens is 1. The maximum Gasteiger partial charge on any atom is 0.250 e. The molecule has 1 heterocycles. The minimum Gasteiger partial charge on any atom is -0.375 e. The van der Waals surface area contributed by atoms with Crippen LogP contribution in [0.15, 0.2) is 24.3 Å². The Kier molecular flexibility index (Phi) is 5.79. The van der Waals surface area contributed by atoms with Gasteiger partial charge in [0.1, 0.15) is 12.2 Å². The van der Waals surface area contributed by atoms with Crippen LogP contribution in [0.4, 0.5) is 0 Å². The lowest BCUT2D eigenvalue weighted by Crippen LogP contribution is -2.48. The zero-order valence-corrected chi connectivity index (χ0v) is 12.2. The summed E-state index contributed by atoms with van der Waals surface area (Å²) in [6.45, 7) is 2.23. The average Bonchev–Trinajstić information content (AvgIpc) is 2.50. The van der Waals surface area contributed by atoms with Crippen LogP contribution in [-0.2, 0) is 14.3 Å². The van der Waals surface area contributed by atoms with E-state index in [1.54, 1.807) is 13.2 Å². The topological polar surface area (TPSA) is 59.6 Å². The fourth-order valence-electron chi connectivity index (χ4n) is 2.10. The van der Waals surface area contributed by atoms with Crippen LogP contribution in [0, 0.1) is 0 Å². The van der Waals surface area contributed by atoms with E-state index in [9.17, 15) is 4.79 Å². The Balaban J connectivity index is 1.90. The number of rotatable bonds is 5. The van der Waals surface area contributed by atoms with Gasteiger partial charge in [0.2, 0.25) is 0 Å². The Morgan fingerprint density at radius 3 is 3.05 bits per heavy atom. The molecule has 1 aromatic rings. The molecule has 0 bridgehead atoms. The second-order valence-electron chi connectivity index (χ2n) is 4.55. The molecule has 0 aliphatic carbocycles. The van der Waals surface area contributed by atoms with E-state index >= 15 is 0 Å². The first kappa shape index (κ1) is 15.3. The summed E-state index contributed by atoms with van der Waals surface area (Å²) in [6.07, 6.45) is -0.711. The number of carbonyl (C=O) groups is 1. The average molecular weight is 299 g/mol. The summed E-state index contributed by atoms with van der Waals surface area (Å²) in [4.78, 5) is 12.0. The first-order valence-electron chi connectivity index (χ1n) is 6.59. The molecule has 1 aliphatic rings. The van der Waals surface area contributed by atoms with Gasteiger partial charge in [0.05, 0.1) is 6.61 Å². The molecule has 110 valence electrons. The Morgan fingerprint density at radius 1 is 1.60 bits per heavy atom. The van der Waals surface area contributed by atoms with Gasteiger partial charge in [-0.25, -0.2) is 0 Å². The number of hydrogen-bond donors (Lipinski definition) is 2. The molecule has 5 nitrogen and oxygen atoms in total. The Labute approximate surface area is 123 Å². The minimum absolute atomic E-state index is 0.133. The van der Waals surface area contributed by atoms with Crippen molar-refractivity contribution in [2.45, 2.75) is 12.2 Å². The van der Waals surface area contributed by atoms with Gasteiger partial charge >= 0.3 is 0 Å². The van der Waals surface area contributed by atoms with E-state index < -0.39 is 6.10 Å². The van der Waals surface area contributed by atoms with Crippen molar-refractivity contribution >= 4 is 17.5 Å². The highest BCUT2D eigenvalue weighted by Gasteiger charge is 2.23. The summed E-state index contributed by atoms with van der Waals surface area (Å²) in [5.41, 5.74) is 0.861. The smallest absolute Gasteiger partial charge is 0.250 e. The molecule has 1 saturated heterocycles. The third kappa shape index (κ3) is 3.93. The summed E-state index contributed by atoms with van der Waals surface area (Å²) in [7, 11) is 1.60. The monoisotopic (exact) mass is 298 g/mol. The molecule has 0 aromatic heterocycles. The molecule has 0 saturated carbocycles. The van der Waals surface area contributed by atoms with Crippen molar-refractivity contribution in [3.05, 3.63) is 34.9 Å². The van der Waals surface area contributed by atoms with Gasteiger partial charge in [-0.1, -0.05) is 29.8 Å². The van der Waals surface area contributed by atoms with Gasteiger partial charge in [-0.05, 0) is 6.07 Å². The van der Waals surface area contributed by atoms with Crippen LogP contribution in [0.1, 0.15) is 11.7 Å². The minimum atomic E-state index is -0.437. The van der Waals surface area contributed by atoms with Gasteiger partial charge in [-0.3, -0.25) is 4.79 Å². The molecule has 0 radical (unpaired) electrons. The molecule has 2 N–H and O–H groups in total. The molecule has 6 heteroatoms.